The Morgan fingerprint density at radius 2 is 1.85 bits per heavy atom. The Balaban J connectivity index is 2.30. The van der Waals surface area contributed by atoms with Crippen molar-refractivity contribution in [1.29, 1.82) is 0 Å². The van der Waals surface area contributed by atoms with Gasteiger partial charge in [-0.3, -0.25) is 4.90 Å². The van der Waals surface area contributed by atoms with E-state index in [1.165, 1.54) is 0 Å². The van der Waals surface area contributed by atoms with Crippen molar-refractivity contribution >= 4 is 0 Å². The first-order valence-corrected chi connectivity index (χ1v) is 5.11. The van der Waals surface area contributed by atoms with Gasteiger partial charge in [-0.15, -0.1) is 0 Å². The molecule has 78 valence electrons. The Kier molecular flexibility index (Phi) is 3.71. The van der Waals surface area contributed by atoms with Crippen molar-refractivity contribution in [3.8, 4) is 0 Å². The molecule has 0 aromatic carbocycles. The van der Waals surface area contributed by atoms with Gasteiger partial charge in [0.2, 0.25) is 0 Å². The Morgan fingerprint density at radius 3 is 2.31 bits per heavy atom. The highest BCUT2D eigenvalue weighted by molar-refractivity contribution is 4.78. The molecule has 0 aromatic rings. The molecule has 1 saturated heterocycles. The molecule has 1 rings (SSSR count). The van der Waals surface area contributed by atoms with Crippen LogP contribution in [0.4, 0.5) is 0 Å². The van der Waals surface area contributed by atoms with E-state index in [2.05, 4.69) is 31.0 Å². The fourth-order valence-corrected chi connectivity index (χ4v) is 1.41. The summed E-state index contributed by atoms with van der Waals surface area (Å²) in [7, 11) is 0. The molecule has 0 aliphatic carbocycles. The lowest BCUT2D eigenvalue weighted by atomic mass is 9.89. The molecule has 1 fully saturated rings. The zero-order valence-electron chi connectivity index (χ0n) is 9.01. The minimum Gasteiger partial charge on any atom is -0.391 e. The van der Waals surface area contributed by atoms with Gasteiger partial charge in [0.25, 0.3) is 0 Å². The van der Waals surface area contributed by atoms with E-state index in [-0.39, 0.29) is 11.5 Å². The average molecular weight is 186 g/mol. The molecule has 3 nitrogen and oxygen atoms in total. The van der Waals surface area contributed by atoms with E-state index < -0.39 is 0 Å². The maximum Gasteiger partial charge on any atom is 0.0715 e. The van der Waals surface area contributed by atoms with Crippen LogP contribution < -0.4 is 5.32 Å². The lowest BCUT2D eigenvalue weighted by Gasteiger charge is -2.34. The van der Waals surface area contributed by atoms with Crippen LogP contribution in [0, 0.1) is 5.41 Å². The molecule has 0 unspecified atom stereocenters. The molecule has 13 heavy (non-hydrogen) atoms. The topological polar surface area (TPSA) is 35.5 Å². The number of β-amino-alcohol motifs (C(OH)–C–C–N with tert-alkyl or cyclic N) is 1. The van der Waals surface area contributed by atoms with Crippen LogP contribution in [0.15, 0.2) is 0 Å². The molecule has 0 bridgehead atoms. The fraction of sp³-hybridized carbons (Fsp3) is 1.00. The number of aliphatic hydroxyl groups is 1. The first-order valence-electron chi connectivity index (χ1n) is 5.11. The second-order valence-corrected chi connectivity index (χ2v) is 4.93. The van der Waals surface area contributed by atoms with Gasteiger partial charge >= 0.3 is 0 Å². The third kappa shape index (κ3) is 3.63. The lowest BCUT2D eigenvalue weighted by molar-refractivity contribution is 0.0254. The number of hydrogen-bond acceptors (Lipinski definition) is 3. The monoisotopic (exact) mass is 186 g/mol. The van der Waals surface area contributed by atoms with Gasteiger partial charge in [-0.2, -0.15) is 0 Å². The van der Waals surface area contributed by atoms with E-state index in [1.807, 2.05) is 0 Å². The van der Waals surface area contributed by atoms with E-state index >= 15 is 0 Å². The summed E-state index contributed by atoms with van der Waals surface area (Å²) in [5.41, 5.74) is 0.00484. The van der Waals surface area contributed by atoms with Crippen LogP contribution in [0.25, 0.3) is 0 Å². The predicted molar refractivity (Wildman–Crippen MR) is 54.8 cm³/mol. The second-order valence-electron chi connectivity index (χ2n) is 4.93. The van der Waals surface area contributed by atoms with Crippen molar-refractivity contribution < 1.29 is 5.11 Å². The molecule has 1 atom stereocenters. The van der Waals surface area contributed by atoms with Crippen LogP contribution in [-0.2, 0) is 0 Å². The molecule has 3 heteroatoms. The molecule has 0 spiro atoms. The number of piperazine rings is 1. The highest BCUT2D eigenvalue weighted by atomic mass is 16.3. The van der Waals surface area contributed by atoms with Crippen molar-refractivity contribution in [3.63, 3.8) is 0 Å². The molecule has 1 heterocycles. The van der Waals surface area contributed by atoms with Crippen molar-refractivity contribution in [1.82, 2.24) is 10.2 Å². The van der Waals surface area contributed by atoms with E-state index in [1.54, 1.807) is 0 Å². The third-order valence-electron chi connectivity index (χ3n) is 2.64. The summed E-state index contributed by atoms with van der Waals surface area (Å²) in [5.74, 6) is 0. The summed E-state index contributed by atoms with van der Waals surface area (Å²) in [6, 6.07) is 0. The van der Waals surface area contributed by atoms with Crippen LogP contribution in [0.1, 0.15) is 20.8 Å². The SMILES string of the molecule is CC(C)(C)[C@H](O)CN1CCNCC1. The first-order chi connectivity index (χ1) is 6.00. The largest absolute Gasteiger partial charge is 0.391 e. The Labute approximate surface area is 81.1 Å². The van der Waals surface area contributed by atoms with Crippen LogP contribution >= 0.6 is 0 Å². The van der Waals surface area contributed by atoms with Gasteiger partial charge < -0.3 is 10.4 Å². The van der Waals surface area contributed by atoms with Crippen LogP contribution in [0.2, 0.25) is 0 Å². The zero-order chi connectivity index (χ0) is 9.90. The predicted octanol–water partition coefficient (Wildman–Crippen LogP) is 0.299. The lowest BCUT2D eigenvalue weighted by Crippen LogP contribution is -2.48. The molecule has 0 radical (unpaired) electrons. The number of aliphatic hydroxyl groups excluding tert-OH is 1. The van der Waals surface area contributed by atoms with Gasteiger partial charge in [0.1, 0.15) is 0 Å². The summed E-state index contributed by atoms with van der Waals surface area (Å²) < 4.78 is 0. The van der Waals surface area contributed by atoms with Gasteiger partial charge in [0, 0.05) is 32.7 Å². The normalized spacial score (nSPS) is 23.1. The zero-order valence-corrected chi connectivity index (χ0v) is 9.01. The van der Waals surface area contributed by atoms with E-state index in [4.69, 9.17) is 0 Å². The molecule has 1 aliphatic rings. The Hall–Kier alpha value is -0.120. The minimum atomic E-state index is -0.217. The van der Waals surface area contributed by atoms with Gasteiger partial charge in [-0.05, 0) is 5.41 Å². The van der Waals surface area contributed by atoms with Crippen LogP contribution in [0.3, 0.4) is 0 Å². The van der Waals surface area contributed by atoms with Crippen molar-refractivity contribution in [2.75, 3.05) is 32.7 Å². The summed E-state index contributed by atoms with van der Waals surface area (Å²) in [5, 5.41) is 13.2. The number of nitrogens with zero attached hydrogens (tertiary/aromatic N) is 1. The van der Waals surface area contributed by atoms with Gasteiger partial charge in [-0.25, -0.2) is 0 Å². The van der Waals surface area contributed by atoms with E-state index in [0.29, 0.717) is 0 Å². The van der Waals surface area contributed by atoms with Crippen molar-refractivity contribution in [3.05, 3.63) is 0 Å². The smallest absolute Gasteiger partial charge is 0.0715 e. The second kappa shape index (κ2) is 4.40. The Morgan fingerprint density at radius 1 is 1.31 bits per heavy atom. The Bertz CT molecular complexity index is 147. The number of nitrogens with one attached hydrogen (secondary N) is 1. The third-order valence-corrected chi connectivity index (χ3v) is 2.64. The van der Waals surface area contributed by atoms with E-state index in [0.717, 1.165) is 32.7 Å². The fourth-order valence-electron chi connectivity index (χ4n) is 1.41. The molecule has 0 aromatic heterocycles. The molecule has 1 aliphatic heterocycles. The maximum atomic E-state index is 9.88. The summed E-state index contributed by atoms with van der Waals surface area (Å²) in [4.78, 5) is 2.33. The first kappa shape index (κ1) is 11.0. The van der Waals surface area contributed by atoms with Gasteiger partial charge in [0.05, 0.1) is 6.10 Å². The van der Waals surface area contributed by atoms with Crippen LogP contribution in [0.5, 0.6) is 0 Å². The summed E-state index contributed by atoms with van der Waals surface area (Å²) in [6.45, 7) is 11.3. The van der Waals surface area contributed by atoms with Crippen molar-refractivity contribution in [2.45, 2.75) is 26.9 Å². The van der Waals surface area contributed by atoms with Crippen LogP contribution in [-0.4, -0.2) is 48.8 Å². The highest BCUT2D eigenvalue weighted by Gasteiger charge is 2.24. The number of rotatable bonds is 2. The standard InChI is InChI=1S/C10H22N2O/c1-10(2,3)9(13)8-12-6-4-11-5-7-12/h9,11,13H,4-8H2,1-3H3/t9-/m1/s1. The molecular weight excluding hydrogens is 164 g/mol. The van der Waals surface area contributed by atoms with Gasteiger partial charge in [0.15, 0.2) is 0 Å². The quantitative estimate of drug-likeness (QED) is 0.651. The minimum absolute atomic E-state index is 0.00484. The molecular formula is C10H22N2O. The van der Waals surface area contributed by atoms with Gasteiger partial charge in [-0.1, -0.05) is 20.8 Å². The molecule has 0 amide bonds. The van der Waals surface area contributed by atoms with E-state index in [9.17, 15) is 5.11 Å². The van der Waals surface area contributed by atoms with Crippen molar-refractivity contribution in [2.24, 2.45) is 5.41 Å². The maximum absolute atomic E-state index is 9.88. The molecule has 2 N–H and O–H groups in total. The summed E-state index contributed by atoms with van der Waals surface area (Å²) >= 11 is 0. The highest BCUT2D eigenvalue weighted by Crippen LogP contribution is 2.19. The number of hydrogen-bond donors (Lipinski definition) is 2. The average Bonchev–Trinajstić information content (AvgIpc) is 2.04. The molecule has 0 saturated carbocycles. The summed E-state index contributed by atoms with van der Waals surface area (Å²) in [6.07, 6.45) is -0.217.